The second-order valence-electron chi connectivity index (χ2n) is 14.1. The molecule has 3 aliphatic rings. The second-order valence-corrected chi connectivity index (χ2v) is 14.1. The van der Waals surface area contributed by atoms with Crippen LogP contribution in [0.2, 0.25) is 0 Å². The van der Waals surface area contributed by atoms with Crippen molar-refractivity contribution in [2.45, 2.75) is 75.4 Å². The first-order chi connectivity index (χ1) is 24.3. The number of hydrogen-bond acceptors (Lipinski definition) is 4. The monoisotopic (exact) mass is 714 g/mol. The van der Waals surface area contributed by atoms with Gasteiger partial charge in [0.05, 0.1) is 17.0 Å². The lowest BCUT2D eigenvalue weighted by atomic mass is 9.90. The van der Waals surface area contributed by atoms with E-state index in [1.807, 2.05) is 72.5 Å². The molecule has 1 unspecified atom stereocenters. The van der Waals surface area contributed by atoms with Crippen molar-refractivity contribution in [3.63, 3.8) is 0 Å². The Morgan fingerprint density at radius 1 is 0.725 bits per heavy atom. The van der Waals surface area contributed by atoms with Crippen LogP contribution in [-0.4, -0.2) is 95.4 Å². The Morgan fingerprint density at radius 2 is 1.29 bits per heavy atom. The van der Waals surface area contributed by atoms with Crippen molar-refractivity contribution in [2.24, 2.45) is 0 Å². The van der Waals surface area contributed by atoms with Gasteiger partial charge in [-0.05, 0) is 68.4 Å². The number of rotatable bonds is 7. The highest BCUT2D eigenvalue weighted by atomic mass is 19.4. The molecule has 0 N–H and O–H groups in total. The standard InChI is InChI=1S/C39H44F6N4O2/c1-27(29-11-6-3-7-12-29)36(50)48-15-8-13-34(26-48)47-19-17-46(18-20-47)33-14-16-49(35(25-33)21-28-9-4-2-5-10-28)37(51)30-22-31(38(40,41)42)24-32(23-30)39(43,44)45/h2-7,9-12,22-24,27,33-35H,8,13-21,25-26H2,1H3/t27-,33-,34?,35+/m1/s1. The van der Waals surface area contributed by atoms with Gasteiger partial charge in [0.2, 0.25) is 5.91 Å². The molecule has 3 aromatic carbocycles. The van der Waals surface area contributed by atoms with Gasteiger partial charge in [0.15, 0.2) is 0 Å². The molecule has 0 bridgehead atoms. The zero-order valence-electron chi connectivity index (χ0n) is 28.7. The van der Waals surface area contributed by atoms with Gasteiger partial charge in [-0.2, -0.15) is 26.3 Å². The first kappa shape index (κ1) is 36.9. The first-order valence-electron chi connectivity index (χ1n) is 17.7. The molecule has 12 heteroatoms. The molecule has 3 aliphatic heterocycles. The number of hydrogen-bond donors (Lipinski definition) is 0. The number of halogens is 6. The molecule has 4 atom stereocenters. The van der Waals surface area contributed by atoms with Crippen molar-refractivity contribution in [1.29, 1.82) is 0 Å². The van der Waals surface area contributed by atoms with E-state index in [0.717, 1.165) is 56.7 Å². The maximum atomic E-state index is 13.8. The third kappa shape index (κ3) is 8.77. The molecule has 3 saturated heterocycles. The summed E-state index contributed by atoms with van der Waals surface area (Å²) in [5.74, 6) is -0.882. The maximum absolute atomic E-state index is 13.8. The normalized spacial score (nSPS) is 23.2. The Balaban J connectivity index is 1.12. The first-order valence-corrected chi connectivity index (χ1v) is 17.7. The molecule has 0 aromatic heterocycles. The molecule has 0 radical (unpaired) electrons. The summed E-state index contributed by atoms with van der Waals surface area (Å²) in [7, 11) is 0. The summed E-state index contributed by atoms with van der Waals surface area (Å²) in [6.45, 7) is 6.88. The number of amides is 2. The molecule has 0 saturated carbocycles. The van der Waals surface area contributed by atoms with E-state index < -0.39 is 41.0 Å². The Labute approximate surface area is 295 Å². The van der Waals surface area contributed by atoms with Crippen LogP contribution in [-0.2, 0) is 23.6 Å². The van der Waals surface area contributed by atoms with E-state index in [1.165, 1.54) is 4.90 Å². The predicted molar refractivity (Wildman–Crippen MR) is 182 cm³/mol. The zero-order chi connectivity index (χ0) is 36.3. The largest absolute Gasteiger partial charge is 0.416 e. The van der Waals surface area contributed by atoms with Crippen molar-refractivity contribution in [1.82, 2.24) is 19.6 Å². The molecule has 3 heterocycles. The molecule has 0 spiro atoms. The van der Waals surface area contributed by atoms with E-state index in [2.05, 4.69) is 9.80 Å². The van der Waals surface area contributed by atoms with Crippen molar-refractivity contribution in [3.05, 3.63) is 107 Å². The summed E-state index contributed by atoms with van der Waals surface area (Å²) in [6.07, 6.45) is -6.57. The minimum absolute atomic E-state index is 0.0536. The molecule has 6 nitrogen and oxygen atoms in total. The number of nitrogens with zero attached hydrogens (tertiary/aromatic N) is 4. The summed E-state index contributed by atoms with van der Waals surface area (Å²) in [5.41, 5.74) is -1.66. The van der Waals surface area contributed by atoms with Crippen LogP contribution in [0.25, 0.3) is 0 Å². The van der Waals surface area contributed by atoms with Crippen LogP contribution in [0.4, 0.5) is 26.3 Å². The van der Waals surface area contributed by atoms with Gasteiger partial charge in [-0.25, -0.2) is 0 Å². The third-order valence-corrected chi connectivity index (χ3v) is 10.9. The third-order valence-electron chi connectivity index (χ3n) is 10.9. The number of carbonyl (C=O) groups excluding carboxylic acids is 2. The van der Waals surface area contributed by atoms with Gasteiger partial charge < -0.3 is 9.80 Å². The number of benzene rings is 3. The van der Waals surface area contributed by atoms with E-state index >= 15 is 0 Å². The average Bonchev–Trinajstić information content (AvgIpc) is 3.14. The highest BCUT2D eigenvalue weighted by molar-refractivity contribution is 5.95. The molecule has 51 heavy (non-hydrogen) atoms. The van der Waals surface area contributed by atoms with Crippen LogP contribution in [0.1, 0.15) is 71.1 Å². The lowest BCUT2D eigenvalue weighted by molar-refractivity contribution is -0.143. The predicted octanol–water partition coefficient (Wildman–Crippen LogP) is 7.35. The highest BCUT2D eigenvalue weighted by Gasteiger charge is 2.41. The molecule has 6 rings (SSSR count). The molecular formula is C39H44F6N4O2. The fourth-order valence-electron chi connectivity index (χ4n) is 8.03. The van der Waals surface area contributed by atoms with Gasteiger partial charge in [-0.3, -0.25) is 19.4 Å². The number of alkyl halides is 6. The van der Waals surface area contributed by atoms with Crippen molar-refractivity contribution >= 4 is 11.8 Å². The number of piperidine rings is 2. The smallest absolute Gasteiger partial charge is 0.341 e. The van der Waals surface area contributed by atoms with Gasteiger partial charge in [0.1, 0.15) is 0 Å². The number of piperazine rings is 1. The van der Waals surface area contributed by atoms with Gasteiger partial charge >= 0.3 is 12.4 Å². The molecular weight excluding hydrogens is 670 g/mol. The van der Waals surface area contributed by atoms with Crippen molar-refractivity contribution in [3.8, 4) is 0 Å². The van der Waals surface area contributed by atoms with Crippen molar-refractivity contribution in [2.75, 3.05) is 45.8 Å². The van der Waals surface area contributed by atoms with Gasteiger partial charge in [-0.1, -0.05) is 60.7 Å². The number of carbonyl (C=O) groups is 2. The minimum atomic E-state index is -5.04. The molecule has 0 aliphatic carbocycles. The van der Waals surface area contributed by atoms with Crippen LogP contribution in [0.15, 0.2) is 78.9 Å². The molecule has 3 aromatic rings. The average molecular weight is 715 g/mol. The van der Waals surface area contributed by atoms with Crippen LogP contribution < -0.4 is 0 Å². The Bertz CT molecular complexity index is 1610. The zero-order valence-corrected chi connectivity index (χ0v) is 28.7. The summed E-state index contributed by atoms with van der Waals surface area (Å²) in [5, 5.41) is 0. The lowest BCUT2D eigenvalue weighted by Gasteiger charge is -2.48. The summed E-state index contributed by atoms with van der Waals surface area (Å²) < 4.78 is 81.8. The van der Waals surface area contributed by atoms with E-state index in [9.17, 15) is 35.9 Å². The van der Waals surface area contributed by atoms with Crippen LogP contribution in [0.3, 0.4) is 0 Å². The Morgan fingerprint density at radius 3 is 1.88 bits per heavy atom. The molecule has 274 valence electrons. The maximum Gasteiger partial charge on any atom is 0.416 e. The fourth-order valence-corrected chi connectivity index (χ4v) is 8.03. The topological polar surface area (TPSA) is 47.1 Å². The Kier molecular flexibility index (Phi) is 11.1. The molecule has 3 fully saturated rings. The van der Waals surface area contributed by atoms with Crippen LogP contribution in [0.5, 0.6) is 0 Å². The lowest BCUT2D eigenvalue weighted by Crippen LogP contribution is -2.59. The van der Waals surface area contributed by atoms with Gasteiger partial charge in [0, 0.05) is 69.5 Å². The summed E-state index contributed by atoms with van der Waals surface area (Å²) >= 11 is 0. The van der Waals surface area contributed by atoms with Crippen molar-refractivity contribution < 1.29 is 35.9 Å². The van der Waals surface area contributed by atoms with E-state index in [4.69, 9.17) is 0 Å². The fraction of sp³-hybridized carbons (Fsp3) is 0.487. The Hall–Kier alpha value is -3.90. The summed E-state index contributed by atoms with van der Waals surface area (Å²) in [6, 6.07) is 20.3. The minimum Gasteiger partial charge on any atom is -0.341 e. The van der Waals surface area contributed by atoms with E-state index in [-0.39, 0.29) is 36.5 Å². The van der Waals surface area contributed by atoms with E-state index in [1.54, 1.807) is 0 Å². The van der Waals surface area contributed by atoms with Gasteiger partial charge in [0.25, 0.3) is 5.91 Å². The summed E-state index contributed by atoms with van der Waals surface area (Å²) in [4.78, 5) is 35.6. The molecule has 2 amide bonds. The van der Waals surface area contributed by atoms with Crippen LogP contribution in [0, 0.1) is 0 Å². The SMILES string of the molecule is C[C@@H](C(=O)N1CCCC(N2CCN([C@@H]3CCN(C(=O)c4cc(C(F)(F)F)cc(C(F)(F)F)c4)[C@@H](Cc4ccccc4)C3)CC2)C1)c1ccccc1. The second kappa shape index (κ2) is 15.4. The highest BCUT2D eigenvalue weighted by Crippen LogP contribution is 2.37. The van der Waals surface area contributed by atoms with Crippen LogP contribution >= 0.6 is 0 Å². The van der Waals surface area contributed by atoms with Gasteiger partial charge in [-0.15, -0.1) is 0 Å². The quantitative estimate of drug-likeness (QED) is 0.240. The van der Waals surface area contributed by atoms with E-state index in [0.29, 0.717) is 37.9 Å². The number of likely N-dealkylation sites (tertiary alicyclic amines) is 2.